The lowest BCUT2D eigenvalue weighted by molar-refractivity contribution is -0.0659. The van der Waals surface area contributed by atoms with Crippen LogP contribution in [0.15, 0.2) is 88.4 Å². The molecule has 1 unspecified atom stereocenters. The Morgan fingerprint density at radius 3 is 2.12 bits per heavy atom. The molecule has 2 fully saturated rings. The van der Waals surface area contributed by atoms with Gasteiger partial charge in [0.2, 0.25) is 0 Å². The monoisotopic (exact) mass is 633 g/mol. The predicted molar refractivity (Wildman–Crippen MR) is 167 cm³/mol. The number of anilines is 2. The first-order valence-electron chi connectivity index (χ1n) is 14.5. The first-order valence-corrected chi connectivity index (χ1v) is 15.3. The molecule has 3 heterocycles. The minimum atomic E-state index is -0.352. The molecule has 0 saturated carbocycles. The summed E-state index contributed by atoms with van der Waals surface area (Å²) >= 11 is 3.46. The Morgan fingerprint density at radius 2 is 1.50 bits per heavy atom. The molecule has 10 heteroatoms. The van der Waals surface area contributed by atoms with E-state index < -0.39 is 0 Å². The third kappa shape index (κ3) is 6.25. The standard InChI is InChI=1S/C32H36BrN5O4/c1-3-23(2)38-32(39)37(22-34-38)28-10-8-26(9-11-28)35-16-18-36(19-17-35)27-12-14-29(15-13-27)40-20-30-21-41-31(42-30)24-4-6-25(33)7-5-24/h4-15,22-23,30-31H,3,16-21H2,1-2H3/t23?,30-,31-/m1/s1. The molecule has 4 aromatic rings. The van der Waals surface area contributed by atoms with Gasteiger partial charge < -0.3 is 24.0 Å². The molecular formula is C32H36BrN5O4. The summed E-state index contributed by atoms with van der Waals surface area (Å²) in [5.74, 6) is 0.821. The van der Waals surface area contributed by atoms with Crippen LogP contribution in [0.2, 0.25) is 0 Å². The molecule has 3 aromatic carbocycles. The summed E-state index contributed by atoms with van der Waals surface area (Å²) < 4.78 is 22.0. The van der Waals surface area contributed by atoms with Gasteiger partial charge in [-0.2, -0.15) is 5.10 Å². The van der Waals surface area contributed by atoms with Crippen LogP contribution in [-0.4, -0.2) is 59.8 Å². The largest absolute Gasteiger partial charge is 0.491 e. The molecule has 6 rings (SSSR count). The number of benzene rings is 3. The molecule has 0 bridgehead atoms. The average molecular weight is 635 g/mol. The zero-order chi connectivity index (χ0) is 29.1. The molecule has 2 aliphatic heterocycles. The molecule has 0 N–H and O–H groups in total. The van der Waals surface area contributed by atoms with E-state index in [0.29, 0.717) is 13.2 Å². The smallest absolute Gasteiger partial charge is 0.350 e. The molecule has 220 valence electrons. The first-order chi connectivity index (χ1) is 20.5. The minimum absolute atomic E-state index is 0.0799. The predicted octanol–water partition coefficient (Wildman–Crippen LogP) is 5.59. The Kier molecular flexibility index (Phi) is 8.64. The highest BCUT2D eigenvalue weighted by Crippen LogP contribution is 2.29. The molecule has 42 heavy (non-hydrogen) atoms. The number of piperazine rings is 1. The molecule has 2 saturated heterocycles. The molecule has 1 aromatic heterocycles. The fraction of sp³-hybridized carbons (Fsp3) is 0.375. The summed E-state index contributed by atoms with van der Waals surface area (Å²) in [4.78, 5) is 17.5. The third-order valence-corrected chi connectivity index (χ3v) is 8.53. The lowest BCUT2D eigenvalue weighted by Gasteiger charge is -2.37. The molecule has 0 amide bonds. The second kappa shape index (κ2) is 12.7. The zero-order valence-electron chi connectivity index (χ0n) is 23.9. The van der Waals surface area contributed by atoms with Crippen molar-refractivity contribution in [2.75, 3.05) is 49.2 Å². The van der Waals surface area contributed by atoms with E-state index in [1.165, 1.54) is 5.69 Å². The lowest BCUT2D eigenvalue weighted by Crippen LogP contribution is -2.46. The van der Waals surface area contributed by atoms with Crippen molar-refractivity contribution in [1.29, 1.82) is 0 Å². The number of hydrogen-bond donors (Lipinski definition) is 0. The Balaban J connectivity index is 0.978. The third-order valence-electron chi connectivity index (χ3n) is 8.00. The Morgan fingerprint density at radius 1 is 0.905 bits per heavy atom. The highest BCUT2D eigenvalue weighted by Gasteiger charge is 2.28. The Labute approximate surface area is 254 Å². The van der Waals surface area contributed by atoms with Gasteiger partial charge in [0.1, 0.15) is 24.8 Å². The van der Waals surface area contributed by atoms with Gasteiger partial charge in [-0.1, -0.05) is 35.0 Å². The Hall–Kier alpha value is -3.60. The highest BCUT2D eigenvalue weighted by atomic mass is 79.9. The molecule has 0 aliphatic carbocycles. The van der Waals surface area contributed by atoms with Gasteiger partial charge >= 0.3 is 5.69 Å². The van der Waals surface area contributed by atoms with E-state index in [4.69, 9.17) is 14.2 Å². The fourth-order valence-electron chi connectivity index (χ4n) is 5.29. The molecule has 0 spiro atoms. The van der Waals surface area contributed by atoms with E-state index in [1.54, 1.807) is 15.6 Å². The summed E-state index contributed by atoms with van der Waals surface area (Å²) in [7, 11) is 0. The van der Waals surface area contributed by atoms with Gasteiger partial charge in [-0.3, -0.25) is 0 Å². The van der Waals surface area contributed by atoms with E-state index in [1.807, 2.05) is 55.5 Å². The van der Waals surface area contributed by atoms with Gasteiger partial charge in [0.05, 0.1) is 18.3 Å². The average Bonchev–Trinajstić information content (AvgIpc) is 3.67. The minimum Gasteiger partial charge on any atom is -0.491 e. The van der Waals surface area contributed by atoms with Crippen LogP contribution in [0, 0.1) is 0 Å². The maximum absolute atomic E-state index is 12.7. The van der Waals surface area contributed by atoms with Gasteiger partial charge in [0.15, 0.2) is 6.29 Å². The maximum Gasteiger partial charge on any atom is 0.350 e. The van der Waals surface area contributed by atoms with E-state index in [-0.39, 0.29) is 24.1 Å². The fourth-order valence-corrected chi connectivity index (χ4v) is 5.55. The molecular weight excluding hydrogens is 598 g/mol. The van der Waals surface area contributed by atoms with Gasteiger partial charge in [0, 0.05) is 47.6 Å². The van der Waals surface area contributed by atoms with Crippen LogP contribution in [0.3, 0.4) is 0 Å². The van der Waals surface area contributed by atoms with Gasteiger partial charge in [-0.25, -0.2) is 14.0 Å². The van der Waals surface area contributed by atoms with Crippen molar-refractivity contribution < 1.29 is 14.2 Å². The van der Waals surface area contributed by atoms with Crippen LogP contribution in [0.1, 0.15) is 38.2 Å². The summed E-state index contributed by atoms with van der Waals surface area (Å²) in [6.45, 7) is 8.70. The van der Waals surface area contributed by atoms with E-state index in [2.05, 4.69) is 62.0 Å². The zero-order valence-corrected chi connectivity index (χ0v) is 25.5. The SMILES string of the molecule is CCC(C)n1ncn(-c2ccc(N3CCN(c4ccc(OC[C@@H]5CO[C@@H](c6ccc(Br)cc6)O5)cc4)CC3)cc2)c1=O. The molecule has 2 aliphatic rings. The van der Waals surface area contributed by atoms with Crippen molar-refractivity contribution in [3.63, 3.8) is 0 Å². The highest BCUT2D eigenvalue weighted by molar-refractivity contribution is 9.10. The van der Waals surface area contributed by atoms with Crippen LogP contribution >= 0.6 is 15.9 Å². The van der Waals surface area contributed by atoms with Crippen molar-refractivity contribution in [1.82, 2.24) is 14.3 Å². The van der Waals surface area contributed by atoms with Crippen LogP contribution in [0.4, 0.5) is 11.4 Å². The number of nitrogens with zero attached hydrogens (tertiary/aromatic N) is 5. The van der Waals surface area contributed by atoms with E-state index in [9.17, 15) is 4.79 Å². The quantitative estimate of drug-likeness (QED) is 0.238. The van der Waals surface area contributed by atoms with Crippen LogP contribution in [0.25, 0.3) is 5.69 Å². The van der Waals surface area contributed by atoms with Crippen molar-refractivity contribution in [2.24, 2.45) is 0 Å². The van der Waals surface area contributed by atoms with Crippen molar-refractivity contribution >= 4 is 27.3 Å². The number of ether oxygens (including phenoxy) is 3. The lowest BCUT2D eigenvalue weighted by atomic mass is 10.2. The van der Waals surface area contributed by atoms with Crippen LogP contribution < -0.4 is 20.2 Å². The maximum atomic E-state index is 12.7. The second-order valence-electron chi connectivity index (χ2n) is 10.8. The molecule has 3 atom stereocenters. The van der Waals surface area contributed by atoms with Crippen molar-refractivity contribution in [2.45, 2.75) is 38.7 Å². The van der Waals surface area contributed by atoms with E-state index in [0.717, 1.165) is 59.8 Å². The van der Waals surface area contributed by atoms with Gasteiger partial charge in [-0.15, -0.1) is 0 Å². The van der Waals surface area contributed by atoms with Gasteiger partial charge in [-0.05, 0) is 74.0 Å². The Bertz CT molecular complexity index is 1510. The molecule has 0 radical (unpaired) electrons. The van der Waals surface area contributed by atoms with Crippen molar-refractivity contribution in [3.8, 4) is 11.4 Å². The molecule has 9 nitrogen and oxygen atoms in total. The van der Waals surface area contributed by atoms with Crippen LogP contribution in [-0.2, 0) is 9.47 Å². The van der Waals surface area contributed by atoms with E-state index >= 15 is 0 Å². The van der Waals surface area contributed by atoms with Crippen LogP contribution in [0.5, 0.6) is 5.75 Å². The topological polar surface area (TPSA) is 74.0 Å². The summed E-state index contributed by atoms with van der Waals surface area (Å²) in [6.07, 6.45) is 2.01. The summed E-state index contributed by atoms with van der Waals surface area (Å²) in [5, 5.41) is 4.29. The number of rotatable bonds is 9. The summed E-state index contributed by atoms with van der Waals surface area (Å²) in [5.41, 5.74) is 4.07. The van der Waals surface area contributed by atoms with Crippen molar-refractivity contribution in [3.05, 3.63) is 99.6 Å². The number of hydrogen-bond acceptors (Lipinski definition) is 7. The second-order valence-corrected chi connectivity index (χ2v) is 11.7. The number of aromatic nitrogens is 3. The summed E-state index contributed by atoms with van der Waals surface area (Å²) in [6, 6.07) is 24.5. The number of halogens is 1. The normalized spacial score (nSPS) is 19.7. The first kappa shape index (κ1) is 28.5. The van der Waals surface area contributed by atoms with Gasteiger partial charge in [0.25, 0.3) is 0 Å².